The monoisotopic (exact) mass is 266 g/mol. The van der Waals surface area contributed by atoms with Crippen LogP contribution in [-0.2, 0) is 0 Å². The highest BCUT2D eigenvalue weighted by Crippen LogP contribution is 2.16. The number of carbonyl (C=O) groups excluding carboxylic acids is 1. The van der Waals surface area contributed by atoms with Crippen molar-refractivity contribution in [3.63, 3.8) is 0 Å². The van der Waals surface area contributed by atoms with Crippen molar-refractivity contribution in [3.05, 3.63) is 18.0 Å². The van der Waals surface area contributed by atoms with E-state index in [-0.39, 0.29) is 11.9 Å². The lowest BCUT2D eigenvalue weighted by Crippen LogP contribution is -2.27. The minimum atomic E-state index is -0.0461. The first-order valence-corrected chi connectivity index (χ1v) is 6.82. The predicted molar refractivity (Wildman–Crippen MR) is 79.4 cm³/mol. The first-order valence-electron chi connectivity index (χ1n) is 6.82. The van der Waals surface area contributed by atoms with Gasteiger partial charge in [0.1, 0.15) is 5.69 Å². The Bertz CT molecular complexity index is 410. The molecule has 0 saturated carbocycles. The number of hydrogen-bond acceptors (Lipinski definition) is 3. The molecule has 5 nitrogen and oxygen atoms in total. The molecule has 5 heteroatoms. The summed E-state index contributed by atoms with van der Waals surface area (Å²) in [7, 11) is 4.10. The number of amides is 1. The third-order valence-electron chi connectivity index (χ3n) is 2.98. The molecule has 19 heavy (non-hydrogen) atoms. The first kappa shape index (κ1) is 15.6. The van der Waals surface area contributed by atoms with Crippen molar-refractivity contribution < 1.29 is 4.79 Å². The normalized spacial score (nSPS) is 11.3. The van der Waals surface area contributed by atoms with Crippen molar-refractivity contribution in [2.24, 2.45) is 0 Å². The lowest BCUT2D eigenvalue weighted by atomic mass is 10.3. The molecule has 1 aromatic heterocycles. The maximum absolute atomic E-state index is 12.1. The summed E-state index contributed by atoms with van der Waals surface area (Å²) in [4.78, 5) is 14.2. The fourth-order valence-electron chi connectivity index (χ4n) is 1.96. The van der Waals surface area contributed by atoms with Gasteiger partial charge < -0.3 is 20.5 Å². The topological polar surface area (TPSA) is 63.3 Å². The van der Waals surface area contributed by atoms with E-state index in [1.54, 1.807) is 6.07 Å². The van der Waals surface area contributed by atoms with Gasteiger partial charge in [0.15, 0.2) is 0 Å². The van der Waals surface area contributed by atoms with Gasteiger partial charge in [-0.3, -0.25) is 4.79 Å². The molecule has 0 atom stereocenters. The van der Waals surface area contributed by atoms with E-state index < -0.39 is 0 Å². The number of nitrogens with one attached hydrogen (secondary N) is 1. The van der Waals surface area contributed by atoms with Crippen molar-refractivity contribution >= 4 is 11.6 Å². The molecule has 108 valence electrons. The number of aromatic nitrogens is 1. The summed E-state index contributed by atoms with van der Waals surface area (Å²) < 4.78 is 1.91. The maximum Gasteiger partial charge on any atom is 0.267 e. The van der Waals surface area contributed by atoms with Gasteiger partial charge in [0.25, 0.3) is 5.91 Å². The van der Waals surface area contributed by atoms with E-state index in [0.29, 0.717) is 17.9 Å². The Kier molecular flexibility index (Phi) is 5.89. The highest BCUT2D eigenvalue weighted by Gasteiger charge is 2.14. The van der Waals surface area contributed by atoms with Gasteiger partial charge in [-0.05, 0) is 53.4 Å². The number of nitrogens with zero attached hydrogens (tertiary/aromatic N) is 2. The smallest absolute Gasteiger partial charge is 0.267 e. The molecule has 0 aliphatic rings. The zero-order valence-electron chi connectivity index (χ0n) is 12.4. The summed E-state index contributed by atoms with van der Waals surface area (Å²) in [6.45, 7) is 5.82. The zero-order valence-corrected chi connectivity index (χ0v) is 12.4. The van der Waals surface area contributed by atoms with Crippen LogP contribution in [0.3, 0.4) is 0 Å². The zero-order chi connectivity index (χ0) is 14.4. The van der Waals surface area contributed by atoms with Crippen LogP contribution in [0.15, 0.2) is 12.3 Å². The molecule has 1 heterocycles. The van der Waals surface area contributed by atoms with Crippen LogP contribution in [0.4, 0.5) is 5.69 Å². The van der Waals surface area contributed by atoms with E-state index >= 15 is 0 Å². The van der Waals surface area contributed by atoms with Gasteiger partial charge in [-0.1, -0.05) is 0 Å². The standard InChI is InChI=1S/C14H26N4O/c1-11(2)18-10-12(15)9-13(18)14(19)16-7-5-6-8-17(3)4/h9-11H,5-8,15H2,1-4H3,(H,16,19). The minimum absolute atomic E-state index is 0.0461. The van der Waals surface area contributed by atoms with Gasteiger partial charge in [0.2, 0.25) is 0 Å². The van der Waals surface area contributed by atoms with Crippen LogP contribution in [0, 0.1) is 0 Å². The third-order valence-corrected chi connectivity index (χ3v) is 2.98. The SMILES string of the molecule is CC(C)n1cc(N)cc1C(=O)NCCCCN(C)C. The number of nitrogen functional groups attached to an aromatic ring is 1. The predicted octanol–water partition coefficient (Wildman–Crippen LogP) is 1.72. The van der Waals surface area contributed by atoms with E-state index in [1.807, 2.05) is 24.6 Å². The van der Waals surface area contributed by atoms with Crippen LogP contribution >= 0.6 is 0 Å². The molecular formula is C14H26N4O. The van der Waals surface area contributed by atoms with Gasteiger partial charge >= 0.3 is 0 Å². The van der Waals surface area contributed by atoms with E-state index in [0.717, 1.165) is 19.4 Å². The number of nitrogens with two attached hydrogens (primary N) is 1. The summed E-state index contributed by atoms with van der Waals surface area (Å²) in [5, 5.41) is 2.95. The lowest BCUT2D eigenvalue weighted by Gasteiger charge is -2.13. The number of carbonyl (C=O) groups is 1. The quantitative estimate of drug-likeness (QED) is 0.739. The fourth-order valence-corrected chi connectivity index (χ4v) is 1.96. The summed E-state index contributed by atoms with van der Waals surface area (Å²) in [5.74, 6) is -0.0461. The van der Waals surface area contributed by atoms with Crippen LogP contribution in [0.5, 0.6) is 0 Å². The Labute approximate surface area is 115 Å². The molecule has 0 radical (unpaired) electrons. The number of unbranched alkanes of at least 4 members (excludes halogenated alkanes) is 1. The van der Waals surface area contributed by atoms with E-state index in [1.165, 1.54) is 0 Å². The molecular weight excluding hydrogens is 240 g/mol. The summed E-state index contributed by atoms with van der Waals surface area (Å²) in [6, 6.07) is 1.96. The molecule has 0 aliphatic heterocycles. The van der Waals surface area contributed by atoms with Crippen molar-refractivity contribution in [2.75, 3.05) is 32.9 Å². The van der Waals surface area contributed by atoms with Crippen LogP contribution in [0.2, 0.25) is 0 Å². The maximum atomic E-state index is 12.1. The van der Waals surface area contributed by atoms with Gasteiger partial charge in [0, 0.05) is 18.8 Å². The van der Waals surface area contributed by atoms with Gasteiger partial charge in [-0.25, -0.2) is 0 Å². The Morgan fingerprint density at radius 1 is 1.42 bits per heavy atom. The van der Waals surface area contributed by atoms with E-state index in [2.05, 4.69) is 24.3 Å². The second-order valence-corrected chi connectivity index (χ2v) is 5.43. The molecule has 1 aromatic rings. The van der Waals surface area contributed by atoms with E-state index in [9.17, 15) is 4.79 Å². The molecule has 0 saturated heterocycles. The average molecular weight is 266 g/mol. The summed E-state index contributed by atoms with van der Waals surface area (Å²) in [5.41, 5.74) is 7.03. The molecule has 0 bridgehead atoms. The van der Waals surface area contributed by atoms with Gasteiger partial charge in [0.05, 0.1) is 5.69 Å². The second-order valence-electron chi connectivity index (χ2n) is 5.43. The molecule has 1 amide bonds. The van der Waals surface area contributed by atoms with Crippen molar-refractivity contribution in [1.82, 2.24) is 14.8 Å². The van der Waals surface area contributed by atoms with Crippen LogP contribution in [0.25, 0.3) is 0 Å². The minimum Gasteiger partial charge on any atom is -0.397 e. The molecule has 0 spiro atoms. The van der Waals surface area contributed by atoms with Crippen LogP contribution in [-0.4, -0.2) is 42.6 Å². The molecule has 3 N–H and O–H groups in total. The molecule has 1 rings (SSSR count). The van der Waals surface area contributed by atoms with Crippen LogP contribution < -0.4 is 11.1 Å². The fraction of sp³-hybridized carbons (Fsp3) is 0.643. The number of rotatable bonds is 7. The van der Waals surface area contributed by atoms with Crippen molar-refractivity contribution in [3.8, 4) is 0 Å². The lowest BCUT2D eigenvalue weighted by molar-refractivity contribution is 0.0942. The van der Waals surface area contributed by atoms with Crippen molar-refractivity contribution in [1.29, 1.82) is 0 Å². The third kappa shape index (κ3) is 4.95. The average Bonchev–Trinajstić information content (AvgIpc) is 2.70. The molecule has 0 aliphatic carbocycles. The second kappa shape index (κ2) is 7.19. The molecule has 0 aromatic carbocycles. The highest BCUT2D eigenvalue weighted by atomic mass is 16.1. The summed E-state index contributed by atoms with van der Waals surface area (Å²) in [6.07, 6.45) is 3.88. The Morgan fingerprint density at radius 2 is 2.11 bits per heavy atom. The highest BCUT2D eigenvalue weighted by molar-refractivity contribution is 5.93. The number of hydrogen-bond donors (Lipinski definition) is 2. The number of anilines is 1. The Balaban J connectivity index is 2.45. The van der Waals surface area contributed by atoms with E-state index in [4.69, 9.17) is 5.73 Å². The van der Waals surface area contributed by atoms with Gasteiger partial charge in [-0.2, -0.15) is 0 Å². The largest absolute Gasteiger partial charge is 0.397 e. The van der Waals surface area contributed by atoms with Gasteiger partial charge in [-0.15, -0.1) is 0 Å². The molecule has 0 unspecified atom stereocenters. The van der Waals surface area contributed by atoms with Crippen molar-refractivity contribution in [2.45, 2.75) is 32.7 Å². The Morgan fingerprint density at radius 3 is 2.68 bits per heavy atom. The Hall–Kier alpha value is -1.49. The molecule has 0 fully saturated rings. The summed E-state index contributed by atoms with van der Waals surface area (Å²) >= 11 is 0. The van der Waals surface area contributed by atoms with Crippen LogP contribution in [0.1, 0.15) is 43.2 Å². The first-order chi connectivity index (χ1) is 8.91.